The van der Waals surface area contributed by atoms with E-state index in [4.69, 9.17) is 4.74 Å². The van der Waals surface area contributed by atoms with Crippen LogP contribution in [0.5, 0.6) is 5.75 Å². The molecule has 0 bridgehead atoms. The summed E-state index contributed by atoms with van der Waals surface area (Å²) in [6.45, 7) is 4.53. The zero-order valence-electron chi connectivity index (χ0n) is 17.3. The summed E-state index contributed by atoms with van der Waals surface area (Å²) in [7, 11) is -12.5. The molecule has 7 nitrogen and oxygen atoms in total. The second kappa shape index (κ2) is 8.89. The Morgan fingerprint density at radius 2 is 1.44 bits per heavy atom. The fraction of sp³-hybridized carbons (Fsp3) is 0.647. The first kappa shape index (κ1) is 26.5. The van der Waals surface area contributed by atoms with E-state index < -0.39 is 64.8 Å². The van der Waals surface area contributed by atoms with Crippen molar-refractivity contribution >= 4 is 25.7 Å². The van der Waals surface area contributed by atoms with E-state index in [1.807, 2.05) is 0 Å². The molecule has 1 aliphatic rings. The van der Waals surface area contributed by atoms with Gasteiger partial charge in [0.2, 0.25) is 5.82 Å². The number of ether oxygens (including phenoxy) is 1. The molecule has 0 saturated carbocycles. The minimum Gasteiger partial charge on any atom is -0.487 e. The summed E-state index contributed by atoms with van der Waals surface area (Å²) in [6.07, 6.45) is 1.44. The Balaban J connectivity index is 2.76. The minimum atomic E-state index is -6.53. The number of halogens is 6. The molecule has 15 heteroatoms. The van der Waals surface area contributed by atoms with Gasteiger partial charge in [0.05, 0.1) is 6.61 Å². The Hall–Kier alpha value is -1.74. The molecule has 2 rings (SSSR count). The molecule has 0 spiro atoms. The molecular formula is C17H22F6N2O5S2. The van der Waals surface area contributed by atoms with Crippen LogP contribution < -0.4 is 13.8 Å². The fourth-order valence-electron chi connectivity index (χ4n) is 2.90. The number of hydrogen-bond acceptors (Lipinski definition) is 6. The smallest absolute Gasteiger partial charge is 0.487 e. The summed E-state index contributed by atoms with van der Waals surface area (Å²) in [4.78, 5) is -0.884. The summed E-state index contributed by atoms with van der Waals surface area (Å²) >= 11 is 0. The first-order chi connectivity index (χ1) is 14.4. The van der Waals surface area contributed by atoms with Crippen molar-refractivity contribution in [2.24, 2.45) is 5.41 Å². The molecule has 1 aromatic carbocycles. The van der Waals surface area contributed by atoms with E-state index in [2.05, 4.69) is 0 Å². The maximum absolute atomic E-state index is 15.3. The van der Waals surface area contributed by atoms with E-state index in [0.717, 1.165) is 4.90 Å². The Kier molecular flexibility index (Phi) is 7.37. The van der Waals surface area contributed by atoms with Gasteiger partial charge in [-0.25, -0.2) is 25.6 Å². The standard InChI is InChI=1S/C17H22F6N2O5S2/c1-16(2,3)9-30-14-10(18)11(19)15(13(12(14)20)25-7-5-4-6-8-25)31(26,27)24-32(28,29)17(21,22)23/h24H,4-9H2,1-3H3. The number of anilines is 1. The van der Waals surface area contributed by atoms with Crippen molar-refractivity contribution in [2.45, 2.75) is 50.4 Å². The van der Waals surface area contributed by atoms with Gasteiger partial charge in [-0.2, -0.15) is 17.6 Å². The van der Waals surface area contributed by atoms with Gasteiger partial charge in [0.1, 0.15) is 10.6 Å². The monoisotopic (exact) mass is 512 g/mol. The van der Waals surface area contributed by atoms with Gasteiger partial charge in [0.25, 0.3) is 10.0 Å². The normalized spacial score (nSPS) is 16.3. The van der Waals surface area contributed by atoms with Crippen LogP contribution in [0.4, 0.5) is 32.0 Å². The van der Waals surface area contributed by atoms with Gasteiger partial charge in [-0.15, -0.1) is 0 Å². The first-order valence-electron chi connectivity index (χ1n) is 9.32. The molecule has 1 N–H and O–H groups in total. The molecule has 1 heterocycles. The van der Waals surface area contributed by atoms with Crippen LogP contribution in [0, 0.1) is 22.9 Å². The third-order valence-electron chi connectivity index (χ3n) is 4.33. The highest BCUT2D eigenvalue weighted by molar-refractivity contribution is 8.05. The van der Waals surface area contributed by atoms with Gasteiger partial charge >= 0.3 is 15.5 Å². The van der Waals surface area contributed by atoms with Crippen LogP contribution in [0.25, 0.3) is 0 Å². The zero-order valence-corrected chi connectivity index (χ0v) is 18.9. The molecule has 0 amide bonds. The number of nitrogens with one attached hydrogen (secondary N) is 1. The average Bonchev–Trinajstić information content (AvgIpc) is 2.62. The average molecular weight is 512 g/mol. The highest BCUT2D eigenvalue weighted by Gasteiger charge is 2.50. The quantitative estimate of drug-likeness (QED) is 0.462. The highest BCUT2D eigenvalue weighted by atomic mass is 32.3. The molecular weight excluding hydrogens is 490 g/mol. The molecule has 1 aliphatic heterocycles. The molecule has 184 valence electrons. The number of benzene rings is 1. The Morgan fingerprint density at radius 1 is 0.906 bits per heavy atom. The SMILES string of the molecule is CC(C)(C)COc1c(F)c(F)c(S(=O)(=O)NS(=O)(=O)C(F)(F)F)c(N2CCCCC2)c1F. The lowest BCUT2D eigenvalue weighted by molar-refractivity contribution is -0.0441. The molecule has 1 aromatic rings. The van der Waals surface area contributed by atoms with Gasteiger partial charge in [0.15, 0.2) is 17.4 Å². The molecule has 0 radical (unpaired) electrons. The van der Waals surface area contributed by atoms with E-state index in [-0.39, 0.29) is 19.7 Å². The molecule has 0 unspecified atom stereocenters. The van der Waals surface area contributed by atoms with Crippen molar-refractivity contribution in [2.75, 3.05) is 24.6 Å². The van der Waals surface area contributed by atoms with Crippen LogP contribution in [-0.2, 0) is 20.0 Å². The maximum Gasteiger partial charge on any atom is 0.512 e. The lowest BCUT2D eigenvalue weighted by Gasteiger charge is -2.31. The van der Waals surface area contributed by atoms with E-state index in [0.29, 0.717) is 23.4 Å². The Labute approximate surface area is 181 Å². The van der Waals surface area contributed by atoms with Crippen LogP contribution in [0.15, 0.2) is 4.90 Å². The lowest BCUT2D eigenvalue weighted by atomic mass is 9.99. The third-order valence-corrected chi connectivity index (χ3v) is 7.60. The second-order valence-electron chi connectivity index (χ2n) is 8.38. The Bertz CT molecular complexity index is 1080. The van der Waals surface area contributed by atoms with E-state index in [1.165, 1.54) is 0 Å². The predicted octanol–water partition coefficient (Wildman–Crippen LogP) is 3.65. The number of sulfonamides is 2. The van der Waals surface area contributed by atoms with Crippen LogP contribution in [-0.4, -0.2) is 42.0 Å². The van der Waals surface area contributed by atoms with E-state index >= 15 is 4.39 Å². The molecule has 0 atom stereocenters. The molecule has 0 aromatic heterocycles. The molecule has 1 saturated heterocycles. The van der Waals surface area contributed by atoms with Crippen molar-refractivity contribution in [1.29, 1.82) is 0 Å². The van der Waals surface area contributed by atoms with E-state index in [9.17, 15) is 38.8 Å². The van der Waals surface area contributed by atoms with Gasteiger partial charge < -0.3 is 9.64 Å². The van der Waals surface area contributed by atoms with Crippen molar-refractivity contribution in [3.63, 3.8) is 0 Å². The lowest BCUT2D eigenvalue weighted by Crippen LogP contribution is -2.41. The second-order valence-corrected chi connectivity index (χ2v) is 11.9. The maximum atomic E-state index is 15.3. The van der Waals surface area contributed by atoms with Crippen LogP contribution >= 0.6 is 0 Å². The van der Waals surface area contributed by atoms with Crippen molar-refractivity contribution in [3.05, 3.63) is 17.5 Å². The summed E-state index contributed by atoms with van der Waals surface area (Å²) in [5.41, 5.74) is -7.82. The van der Waals surface area contributed by atoms with Crippen LogP contribution in [0.3, 0.4) is 0 Å². The third kappa shape index (κ3) is 5.60. The van der Waals surface area contributed by atoms with Crippen molar-refractivity contribution in [1.82, 2.24) is 4.13 Å². The van der Waals surface area contributed by atoms with E-state index in [1.54, 1.807) is 20.8 Å². The van der Waals surface area contributed by atoms with Gasteiger partial charge in [-0.1, -0.05) is 24.9 Å². The number of nitrogens with zero attached hydrogens (tertiary/aromatic N) is 1. The fourth-order valence-corrected chi connectivity index (χ4v) is 5.57. The first-order valence-corrected chi connectivity index (χ1v) is 12.3. The minimum absolute atomic E-state index is 0.0325. The van der Waals surface area contributed by atoms with Crippen LogP contribution in [0.2, 0.25) is 0 Å². The summed E-state index contributed by atoms with van der Waals surface area (Å²) in [5.74, 6) is -7.30. The molecule has 0 aliphatic carbocycles. The van der Waals surface area contributed by atoms with Crippen molar-refractivity contribution < 1.29 is 47.9 Å². The van der Waals surface area contributed by atoms with Gasteiger partial charge in [-0.05, 0) is 24.7 Å². The molecule has 1 fully saturated rings. The van der Waals surface area contributed by atoms with Gasteiger partial charge in [-0.3, -0.25) is 0 Å². The summed E-state index contributed by atoms with van der Waals surface area (Å²) < 4.78 is 136. The number of hydrogen-bond donors (Lipinski definition) is 1. The number of piperidine rings is 1. The van der Waals surface area contributed by atoms with Crippen molar-refractivity contribution in [3.8, 4) is 5.75 Å². The van der Waals surface area contributed by atoms with Gasteiger partial charge in [0, 0.05) is 13.1 Å². The Morgan fingerprint density at radius 3 is 1.91 bits per heavy atom. The number of rotatable bonds is 6. The summed E-state index contributed by atoms with van der Waals surface area (Å²) in [6, 6.07) is 0. The molecule has 32 heavy (non-hydrogen) atoms. The summed E-state index contributed by atoms with van der Waals surface area (Å²) in [5, 5.41) is 0. The number of alkyl halides is 3. The largest absolute Gasteiger partial charge is 0.512 e. The topological polar surface area (TPSA) is 92.8 Å². The zero-order chi connectivity index (χ0) is 24.7. The van der Waals surface area contributed by atoms with Crippen LogP contribution in [0.1, 0.15) is 40.0 Å². The highest BCUT2D eigenvalue weighted by Crippen LogP contribution is 2.41. The predicted molar refractivity (Wildman–Crippen MR) is 103 cm³/mol.